The number of carbonyl (C=O) groups excluding carboxylic acids is 1. The molecule has 0 spiro atoms. The third-order valence-corrected chi connectivity index (χ3v) is 2.64. The van der Waals surface area contributed by atoms with Crippen LogP contribution in [-0.4, -0.2) is 12.6 Å². The Morgan fingerprint density at radius 1 is 1.47 bits per heavy atom. The summed E-state index contributed by atoms with van der Waals surface area (Å²) in [4.78, 5) is 11.9. The van der Waals surface area contributed by atoms with Gasteiger partial charge in [0, 0.05) is 0 Å². The first-order valence-electron chi connectivity index (χ1n) is 5.35. The van der Waals surface area contributed by atoms with Crippen molar-refractivity contribution >= 4 is 5.97 Å². The van der Waals surface area contributed by atoms with E-state index in [0.717, 1.165) is 0 Å². The van der Waals surface area contributed by atoms with E-state index in [4.69, 9.17) is 10.00 Å². The van der Waals surface area contributed by atoms with Crippen molar-refractivity contribution in [3.05, 3.63) is 35.6 Å². The second-order valence-corrected chi connectivity index (χ2v) is 3.89. The molecule has 17 heavy (non-hydrogen) atoms. The minimum absolute atomic E-state index is 0.00251. The minimum atomic E-state index is -1.04. The molecule has 0 bridgehead atoms. The first-order chi connectivity index (χ1) is 8.04. The normalized spacial score (nSPS) is 13.5. The molecule has 0 heterocycles. The Balaban J connectivity index is 3.11. The largest absolute Gasteiger partial charge is 0.465 e. The molecule has 0 saturated carbocycles. The molecule has 1 rings (SSSR count). The molecule has 3 nitrogen and oxygen atoms in total. The maximum atomic E-state index is 12.8. The van der Waals surface area contributed by atoms with Gasteiger partial charge in [-0.2, -0.15) is 5.26 Å². The molecule has 0 fully saturated rings. The first-order valence-corrected chi connectivity index (χ1v) is 5.35. The lowest BCUT2D eigenvalue weighted by Gasteiger charge is -2.24. The summed E-state index contributed by atoms with van der Waals surface area (Å²) in [5.41, 5.74) is -0.461. The first kappa shape index (κ1) is 13.2. The van der Waals surface area contributed by atoms with Gasteiger partial charge >= 0.3 is 5.97 Å². The van der Waals surface area contributed by atoms with Gasteiger partial charge in [0.2, 0.25) is 0 Å². The summed E-state index contributed by atoms with van der Waals surface area (Å²) in [6.45, 7) is 3.58. The van der Waals surface area contributed by atoms with Gasteiger partial charge in [-0.3, -0.25) is 4.79 Å². The van der Waals surface area contributed by atoms with Crippen LogP contribution in [0.1, 0.15) is 25.8 Å². The lowest BCUT2D eigenvalue weighted by atomic mass is 9.80. The van der Waals surface area contributed by atoms with E-state index in [0.29, 0.717) is 5.56 Å². The lowest BCUT2D eigenvalue weighted by Crippen LogP contribution is -2.34. The van der Waals surface area contributed by atoms with Crippen molar-refractivity contribution in [3.63, 3.8) is 0 Å². The van der Waals surface area contributed by atoms with E-state index in [2.05, 4.69) is 0 Å². The molecular formula is C13H14FNO2. The van der Waals surface area contributed by atoms with Crippen LogP contribution >= 0.6 is 0 Å². The third kappa shape index (κ3) is 2.82. The zero-order valence-electron chi connectivity index (χ0n) is 9.87. The maximum Gasteiger partial charge on any atom is 0.317 e. The molecule has 0 radical (unpaired) electrons. The molecule has 0 aromatic heterocycles. The van der Waals surface area contributed by atoms with Gasteiger partial charge in [0.1, 0.15) is 11.2 Å². The van der Waals surface area contributed by atoms with Gasteiger partial charge in [-0.05, 0) is 31.5 Å². The number of nitriles is 1. The van der Waals surface area contributed by atoms with E-state index < -0.39 is 11.4 Å². The number of hydrogen-bond donors (Lipinski definition) is 0. The van der Waals surface area contributed by atoms with Gasteiger partial charge in [-0.1, -0.05) is 12.1 Å². The van der Waals surface area contributed by atoms with E-state index in [1.165, 1.54) is 24.3 Å². The van der Waals surface area contributed by atoms with Crippen LogP contribution in [0.2, 0.25) is 0 Å². The van der Waals surface area contributed by atoms with Crippen LogP contribution in [0.3, 0.4) is 0 Å². The number of esters is 1. The second kappa shape index (κ2) is 5.44. The number of carbonyl (C=O) groups is 1. The third-order valence-electron chi connectivity index (χ3n) is 2.64. The summed E-state index contributed by atoms with van der Waals surface area (Å²) >= 11 is 0. The van der Waals surface area contributed by atoms with Gasteiger partial charge in [-0.25, -0.2) is 4.39 Å². The summed E-state index contributed by atoms with van der Waals surface area (Å²) < 4.78 is 17.8. The standard InChI is InChI=1S/C13H14FNO2/c1-3-17-12(16)13(2,8-9-15)10-4-6-11(14)7-5-10/h4-7H,3,8H2,1-2H3. The van der Waals surface area contributed by atoms with Crippen LogP contribution in [0.5, 0.6) is 0 Å². The molecule has 1 aromatic rings. The fourth-order valence-electron chi connectivity index (χ4n) is 1.56. The highest BCUT2D eigenvalue weighted by Gasteiger charge is 2.36. The molecule has 0 aliphatic carbocycles. The van der Waals surface area contributed by atoms with E-state index >= 15 is 0 Å². The molecule has 1 atom stereocenters. The average Bonchev–Trinajstić information content (AvgIpc) is 2.30. The molecular weight excluding hydrogens is 221 g/mol. The maximum absolute atomic E-state index is 12.8. The SMILES string of the molecule is CCOC(=O)C(C)(CC#N)c1ccc(F)cc1. The molecule has 0 saturated heterocycles. The van der Waals surface area contributed by atoms with E-state index in [9.17, 15) is 9.18 Å². The monoisotopic (exact) mass is 235 g/mol. The van der Waals surface area contributed by atoms with Crippen molar-refractivity contribution in [2.24, 2.45) is 0 Å². The van der Waals surface area contributed by atoms with Crippen molar-refractivity contribution in [1.29, 1.82) is 5.26 Å². The molecule has 1 aromatic carbocycles. The Kier molecular flexibility index (Phi) is 4.22. The zero-order valence-corrected chi connectivity index (χ0v) is 9.87. The van der Waals surface area contributed by atoms with Crippen molar-refractivity contribution in [3.8, 4) is 6.07 Å². The molecule has 1 unspecified atom stereocenters. The molecule has 90 valence electrons. The van der Waals surface area contributed by atoms with Crippen LogP contribution in [0.25, 0.3) is 0 Å². The van der Waals surface area contributed by atoms with Gasteiger partial charge < -0.3 is 4.74 Å². The van der Waals surface area contributed by atoms with Crippen LogP contribution in [-0.2, 0) is 14.9 Å². The average molecular weight is 235 g/mol. The number of nitrogens with zero attached hydrogens (tertiary/aromatic N) is 1. The number of hydrogen-bond acceptors (Lipinski definition) is 3. The van der Waals surface area contributed by atoms with Crippen LogP contribution in [0, 0.1) is 17.1 Å². The lowest BCUT2D eigenvalue weighted by molar-refractivity contribution is -0.149. The van der Waals surface area contributed by atoms with E-state index in [1.807, 2.05) is 6.07 Å². The van der Waals surface area contributed by atoms with E-state index in [1.54, 1.807) is 13.8 Å². The van der Waals surface area contributed by atoms with Crippen molar-refractivity contribution < 1.29 is 13.9 Å². The van der Waals surface area contributed by atoms with Gasteiger partial charge in [0.25, 0.3) is 0 Å². The molecule has 0 aliphatic heterocycles. The second-order valence-electron chi connectivity index (χ2n) is 3.89. The molecule has 0 amide bonds. The zero-order chi connectivity index (χ0) is 12.9. The summed E-state index contributed by atoms with van der Waals surface area (Å²) in [5.74, 6) is -0.843. The highest BCUT2D eigenvalue weighted by atomic mass is 19.1. The number of halogens is 1. The Morgan fingerprint density at radius 2 is 2.06 bits per heavy atom. The van der Waals surface area contributed by atoms with Crippen molar-refractivity contribution in [2.75, 3.05) is 6.61 Å². The molecule has 0 aliphatic rings. The van der Waals surface area contributed by atoms with Gasteiger partial charge in [0.15, 0.2) is 0 Å². The fraction of sp³-hybridized carbons (Fsp3) is 0.385. The molecule has 4 heteroatoms. The van der Waals surface area contributed by atoms with Crippen LogP contribution < -0.4 is 0 Å². The predicted octanol–water partition coefficient (Wildman–Crippen LogP) is 2.56. The number of benzene rings is 1. The minimum Gasteiger partial charge on any atom is -0.465 e. The quantitative estimate of drug-likeness (QED) is 0.753. The highest BCUT2D eigenvalue weighted by molar-refractivity contribution is 5.83. The Labute approximate surface area is 99.8 Å². The van der Waals surface area contributed by atoms with Gasteiger partial charge in [-0.15, -0.1) is 0 Å². The van der Waals surface area contributed by atoms with Crippen molar-refractivity contribution in [2.45, 2.75) is 25.7 Å². The highest BCUT2D eigenvalue weighted by Crippen LogP contribution is 2.29. The van der Waals surface area contributed by atoms with Gasteiger partial charge in [0.05, 0.1) is 19.1 Å². The number of ether oxygens (including phenoxy) is 1. The fourth-order valence-corrected chi connectivity index (χ4v) is 1.56. The smallest absolute Gasteiger partial charge is 0.317 e. The summed E-state index contributed by atoms with van der Waals surface area (Å²) in [6.07, 6.45) is -0.00251. The Morgan fingerprint density at radius 3 is 2.53 bits per heavy atom. The van der Waals surface area contributed by atoms with Crippen molar-refractivity contribution in [1.82, 2.24) is 0 Å². The predicted molar refractivity (Wildman–Crippen MR) is 60.6 cm³/mol. The Hall–Kier alpha value is -1.89. The summed E-state index contributed by atoms with van der Waals surface area (Å²) in [6, 6.07) is 7.51. The number of rotatable bonds is 4. The van der Waals surface area contributed by atoms with E-state index in [-0.39, 0.29) is 18.8 Å². The topological polar surface area (TPSA) is 50.1 Å². The summed E-state index contributed by atoms with van der Waals surface area (Å²) in [5, 5.41) is 8.80. The molecule has 0 N–H and O–H groups in total. The van der Waals surface area contributed by atoms with Crippen LogP contribution in [0.4, 0.5) is 4.39 Å². The Bertz CT molecular complexity index is 436. The van der Waals surface area contributed by atoms with Crippen LogP contribution in [0.15, 0.2) is 24.3 Å². The summed E-state index contributed by atoms with van der Waals surface area (Å²) in [7, 11) is 0.